The van der Waals surface area contributed by atoms with Crippen LogP contribution >= 0.6 is 11.8 Å². The van der Waals surface area contributed by atoms with E-state index in [-0.39, 0.29) is 0 Å². The van der Waals surface area contributed by atoms with Gasteiger partial charge in [-0.2, -0.15) is 0 Å². The van der Waals surface area contributed by atoms with Crippen molar-refractivity contribution in [3.63, 3.8) is 0 Å². The summed E-state index contributed by atoms with van der Waals surface area (Å²) in [6.45, 7) is 6.43. The molecule has 0 spiro atoms. The molecule has 0 saturated heterocycles. The smallest absolute Gasteiger partial charge is 0.0205 e. The lowest BCUT2D eigenvalue weighted by atomic mass is 10.2. The lowest BCUT2D eigenvalue weighted by Gasteiger charge is -2.05. The van der Waals surface area contributed by atoms with Gasteiger partial charge < -0.3 is 5.32 Å². The second kappa shape index (κ2) is 10.5. The van der Waals surface area contributed by atoms with Crippen LogP contribution < -0.4 is 5.32 Å². The van der Waals surface area contributed by atoms with Crippen LogP contribution in [0.5, 0.6) is 0 Å². The molecule has 0 saturated carbocycles. The van der Waals surface area contributed by atoms with Crippen LogP contribution in [0.15, 0.2) is 29.2 Å². The summed E-state index contributed by atoms with van der Waals surface area (Å²) in [4.78, 5) is 1.41. The topological polar surface area (TPSA) is 12.0 Å². The molecule has 18 heavy (non-hydrogen) atoms. The molecule has 2 heteroatoms. The molecular weight excluding hydrogens is 238 g/mol. The highest BCUT2D eigenvalue weighted by Crippen LogP contribution is 2.20. The number of hydrogen-bond donors (Lipinski definition) is 1. The van der Waals surface area contributed by atoms with Gasteiger partial charge in [-0.15, -0.1) is 11.8 Å². The van der Waals surface area contributed by atoms with E-state index in [0.717, 1.165) is 13.1 Å². The fourth-order valence-corrected chi connectivity index (χ4v) is 2.78. The van der Waals surface area contributed by atoms with Crippen molar-refractivity contribution in [2.45, 2.75) is 57.4 Å². The van der Waals surface area contributed by atoms with Gasteiger partial charge in [0.2, 0.25) is 0 Å². The van der Waals surface area contributed by atoms with Gasteiger partial charge in [-0.25, -0.2) is 0 Å². The minimum absolute atomic E-state index is 0.985. The average Bonchev–Trinajstić information content (AvgIpc) is 2.42. The maximum atomic E-state index is 3.35. The molecule has 1 N–H and O–H groups in total. The van der Waals surface area contributed by atoms with Gasteiger partial charge in [0.25, 0.3) is 0 Å². The van der Waals surface area contributed by atoms with Crippen molar-refractivity contribution in [2.24, 2.45) is 0 Å². The Bertz CT molecular complexity index is 294. The average molecular weight is 265 g/mol. The second-order valence-corrected chi connectivity index (χ2v) is 5.86. The molecule has 1 aromatic carbocycles. The monoisotopic (exact) mass is 265 g/mol. The van der Waals surface area contributed by atoms with Crippen molar-refractivity contribution in [3.8, 4) is 0 Å². The number of nitrogens with one attached hydrogen (secondary N) is 1. The fourth-order valence-electron chi connectivity index (χ4n) is 1.87. The first-order valence-electron chi connectivity index (χ1n) is 7.29. The van der Waals surface area contributed by atoms with Gasteiger partial charge in [0.15, 0.2) is 0 Å². The predicted octanol–water partition coefficient (Wildman–Crippen LogP) is 4.86. The highest BCUT2D eigenvalue weighted by molar-refractivity contribution is 7.99. The molecule has 0 fully saturated rings. The summed E-state index contributed by atoms with van der Waals surface area (Å²) in [5.41, 5.74) is 1.38. The quantitative estimate of drug-likeness (QED) is 0.479. The number of benzene rings is 1. The van der Waals surface area contributed by atoms with E-state index in [9.17, 15) is 0 Å². The van der Waals surface area contributed by atoms with Gasteiger partial charge in [0, 0.05) is 11.4 Å². The first-order chi connectivity index (χ1) is 8.86. The molecule has 1 rings (SSSR count). The Morgan fingerprint density at radius 1 is 0.944 bits per heavy atom. The summed E-state index contributed by atoms with van der Waals surface area (Å²) in [6.07, 6.45) is 6.87. The summed E-state index contributed by atoms with van der Waals surface area (Å²) in [5, 5.41) is 3.35. The molecule has 0 bridgehead atoms. The van der Waals surface area contributed by atoms with Crippen molar-refractivity contribution < 1.29 is 0 Å². The lowest BCUT2D eigenvalue weighted by molar-refractivity contribution is 0.659. The predicted molar refractivity (Wildman–Crippen MR) is 83.3 cm³/mol. The first-order valence-corrected chi connectivity index (χ1v) is 8.27. The molecule has 0 atom stereocenters. The SMILES string of the molecule is CCCCCCCSc1ccc(CNCC)cc1. The summed E-state index contributed by atoms with van der Waals surface area (Å²) < 4.78 is 0. The van der Waals surface area contributed by atoms with E-state index in [1.807, 2.05) is 11.8 Å². The molecule has 0 aliphatic heterocycles. The van der Waals surface area contributed by atoms with Crippen LogP contribution in [0.2, 0.25) is 0 Å². The Morgan fingerprint density at radius 3 is 2.33 bits per heavy atom. The van der Waals surface area contributed by atoms with Crippen LogP contribution in [-0.2, 0) is 6.54 Å². The van der Waals surface area contributed by atoms with Gasteiger partial charge in [0.1, 0.15) is 0 Å². The van der Waals surface area contributed by atoms with Crippen LogP contribution in [0.25, 0.3) is 0 Å². The molecule has 1 aromatic rings. The van der Waals surface area contributed by atoms with Crippen molar-refractivity contribution >= 4 is 11.8 Å². The molecule has 0 amide bonds. The van der Waals surface area contributed by atoms with Gasteiger partial charge in [0.05, 0.1) is 0 Å². The number of unbranched alkanes of at least 4 members (excludes halogenated alkanes) is 4. The third-order valence-corrected chi connectivity index (χ3v) is 4.12. The van der Waals surface area contributed by atoms with E-state index in [2.05, 4.69) is 43.4 Å². The van der Waals surface area contributed by atoms with Gasteiger partial charge in [-0.1, -0.05) is 51.7 Å². The Morgan fingerprint density at radius 2 is 1.67 bits per heavy atom. The van der Waals surface area contributed by atoms with Crippen molar-refractivity contribution in [1.82, 2.24) is 5.32 Å². The fraction of sp³-hybridized carbons (Fsp3) is 0.625. The summed E-state index contributed by atoms with van der Waals surface area (Å²) in [7, 11) is 0. The molecular formula is C16H27NS. The molecule has 102 valence electrons. The Kier molecular flexibility index (Phi) is 9.05. The zero-order valence-corrected chi connectivity index (χ0v) is 12.7. The van der Waals surface area contributed by atoms with Crippen LogP contribution in [0.3, 0.4) is 0 Å². The van der Waals surface area contributed by atoms with Gasteiger partial charge >= 0.3 is 0 Å². The number of hydrogen-bond acceptors (Lipinski definition) is 2. The third-order valence-electron chi connectivity index (χ3n) is 3.02. The van der Waals surface area contributed by atoms with Crippen LogP contribution in [0.1, 0.15) is 51.5 Å². The Hall–Kier alpha value is -0.470. The van der Waals surface area contributed by atoms with E-state index in [0.29, 0.717) is 0 Å². The molecule has 1 nitrogen and oxygen atoms in total. The standard InChI is InChI=1S/C16H27NS/c1-3-5-6-7-8-13-18-16-11-9-15(10-12-16)14-17-4-2/h9-12,17H,3-8,13-14H2,1-2H3. The van der Waals surface area contributed by atoms with E-state index in [1.165, 1.54) is 48.3 Å². The van der Waals surface area contributed by atoms with Crippen molar-refractivity contribution in [2.75, 3.05) is 12.3 Å². The molecule has 0 aliphatic rings. The zero-order valence-electron chi connectivity index (χ0n) is 11.9. The minimum Gasteiger partial charge on any atom is -0.313 e. The summed E-state index contributed by atoms with van der Waals surface area (Å²) in [5.74, 6) is 1.26. The zero-order chi connectivity index (χ0) is 13.1. The van der Waals surface area contributed by atoms with Gasteiger partial charge in [-0.3, -0.25) is 0 Å². The molecule has 0 unspecified atom stereocenters. The van der Waals surface area contributed by atoms with E-state index in [1.54, 1.807) is 0 Å². The summed E-state index contributed by atoms with van der Waals surface area (Å²) >= 11 is 1.99. The van der Waals surface area contributed by atoms with Crippen LogP contribution in [0.4, 0.5) is 0 Å². The largest absolute Gasteiger partial charge is 0.313 e. The third kappa shape index (κ3) is 7.07. The number of thioether (sulfide) groups is 1. The maximum absolute atomic E-state index is 3.35. The number of rotatable bonds is 10. The first kappa shape index (κ1) is 15.6. The van der Waals surface area contributed by atoms with E-state index < -0.39 is 0 Å². The van der Waals surface area contributed by atoms with Crippen LogP contribution in [0, 0.1) is 0 Å². The van der Waals surface area contributed by atoms with E-state index >= 15 is 0 Å². The lowest BCUT2D eigenvalue weighted by Crippen LogP contribution is -2.11. The Balaban J connectivity index is 2.14. The van der Waals surface area contributed by atoms with Crippen molar-refractivity contribution in [1.29, 1.82) is 0 Å². The van der Waals surface area contributed by atoms with Gasteiger partial charge in [-0.05, 0) is 36.4 Å². The molecule has 0 aromatic heterocycles. The highest BCUT2D eigenvalue weighted by atomic mass is 32.2. The molecule has 0 radical (unpaired) electrons. The maximum Gasteiger partial charge on any atom is 0.0205 e. The summed E-state index contributed by atoms with van der Waals surface area (Å²) in [6, 6.07) is 8.98. The highest BCUT2D eigenvalue weighted by Gasteiger charge is 1.96. The second-order valence-electron chi connectivity index (χ2n) is 4.69. The molecule has 0 heterocycles. The Labute approximate surface area is 117 Å². The van der Waals surface area contributed by atoms with Crippen LogP contribution in [-0.4, -0.2) is 12.3 Å². The van der Waals surface area contributed by atoms with Crippen molar-refractivity contribution in [3.05, 3.63) is 29.8 Å². The normalized spacial score (nSPS) is 10.8. The minimum atomic E-state index is 0.985. The van der Waals surface area contributed by atoms with E-state index in [4.69, 9.17) is 0 Å². The molecule has 0 aliphatic carbocycles.